The SMILES string of the molecule is COc1cc(CN2CCN(CCN3CCCC3)CC2)ccc1OCC1C=CC(Cl)=CC1. The van der Waals surface area contributed by atoms with E-state index in [1.807, 2.05) is 12.2 Å². The zero-order valence-electron chi connectivity index (χ0n) is 18.8. The van der Waals surface area contributed by atoms with Gasteiger partial charge in [-0.25, -0.2) is 0 Å². The van der Waals surface area contributed by atoms with Crippen molar-refractivity contribution in [2.24, 2.45) is 5.92 Å². The summed E-state index contributed by atoms with van der Waals surface area (Å²) in [6, 6.07) is 6.35. The predicted octanol–water partition coefficient (Wildman–Crippen LogP) is 3.99. The quantitative estimate of drug-likeness (QED) is 0.573. The number of hydrogen-bond acceptors (Lipinski definition) is 5. The van der Waals surface area contributed by atoms with Crippen LogP contribution in [0.15, 0.2) is 41.5 Å². The van der Waals surface area contributed by atoms with Crippen molar-refractivity contribution in [2.45, 2.75) is 25.8 Å². The van der Waals surface area contributed by atoms with E-state index in [1.54, 1.807) is 7.11 Å². The highest BCUT2D eigenvalue weighted by atomic mass is 35.5. The Morgan fingerprint density at radius 3 is 2.32 bits per heavy atom. The van der Waals surface area contributed by atoms with Gasteiger partial charge in [-0.15, -0.1) is 0 Å². The van der Waals surface area contributed by atoms with Gasteiger partial charge in [-0.3, -0.25) is 9.80 Å². The molecule has 0 amide bonds. The molecule has 0 N–H and O–H groups in total. The van der Waals surface area contributed by atoms with Gasteiger partial charge in [-0.05, 0) is 56.1 Å². The maximum absolute atomic E-state index is 6.06. The molecule has 2 saturated heterocycles. The summed E-state index contributed by atoms with van der Waals surface area (Å²) < 4.78 is 11.7. The second-order valence-corrected chi connectivity index (χ2v) is 9.34. The first-order valence-corrected chi connectivity index (χ1v) is 12.1. The maximum atomic E-state index is 6.06. The molecule has 1 unspecified atom stereocenters. The van der Waals surface area contributed by atoms with E-state index in [0.717, 1.165) is 42.6 Å². The maximum Gasteiger partial charge on any atom is 0.161 e. The molecule has 4 rings (SSSR count). The second-order valence-electron chi connectivity index (χ2n) is 8.91. The Morgan fingerprint density at radius 1 is 0.935 bits per heavy atom. The van der Waals surface area contributed by atoms with Crippen LogP contribution in [-0.2, 0) is 6.54 Å². The minimum Gasteiger partial charge on any atom is -0.493 e. The van der Waals surface area contributed by atoms with Crippen molar-refractivity contribution in [3.8, 4) is 11.5 Å². The zero-order chi connectivity index (χ0) is 21.5. The zero-order valence-corrected chi connectivity index (χ0v) is 19.5. The molecular formula is C25H36ClN3O2. The van der Waals surface area contributed by atoms with Crippen molar-refractivity contribution < 1.29 is 9.47 Å². The molecule has 0 spiro atoms. The van der Waals surface area contributed by atoms with Crippen LogP contribution in [0.4, 0.5) is 0 Å². The molecule has 1 aliphatic carbocycles. The van der Waals surface area contributed by atoms with Crippen molar-refractivity contribution in [1.29, 1.82) is 0 Å². The number of methoxy groups -OCH3 is 1. The summed E-state index contributed by atoms with van der Waals surface area (Å²) in [5.41, 5.74) is 1.28. The van der Waals surface area contributed by atoms with Crippen molar-refractivity contribution >= 4 is 11.6 Å². The highest BCUT2D eigenvalue weighted by Gasteiger charge is 2.19. The molecule has 0 aromatic heterocycles. The molecule has 1 aromatic carbocycles. The monoisotopic (exact) mass is 445 g/mol. The summed E-state index contributed by atoms with van der Waals surface area (Å²) in [5, 5.41) is 0.811. The van der Waals surface area contributed by atoms with Gasteiger partial charge in [0.1, 0.15) is 0 Å². The Hall–Kier alpha value is -1.53. The van der Waals surface area contributed by atoms with Gasteiger partial charge in [0.25, 0.3) is 0 Å². The summed E-state index contributed by atoms with van der Waals surface area (Å²) in [5.74, 6) is 1.98. The Balaban J connectivity index is 1.22. The summed E-state index contributed by atoms with van der Waals surface area (Å²) in [7, 11) is 1.72. The van der Waals surface area contributed by atoms with Gasteiger partial charge < -0.3 is 14.4 Å². The normalized spacial score (nSPS) is 23.2. The van der Waals surface area contributed by atoms with Gasteiger partial charge in [0.15, 0.2) is 11.5 Å². The Labute approximate surface area is 192 Å². The topological polar surface area (TPSA) is 28.2 Å². The van der Waals surface area contributed by atoms with Crippen LogP contribution in [0.5, 0.6) is 11.5 Å². The van der Waals surface area contributed by atoms with Crippen molar-refractivity contribution in [3.63, 3.8) is 0 Å². The van der Waals surface area contributed by atoms with Crippen molar-refractivity contribution in [3.05, 3.63) is 47.0 Å². The average molecular weight is 446 g/mol. The lowest BCUT2D eigenvalue weighted by molar-refractivity contribution is 0.117. The highest BCUT2D eigenvalue weighted by Crippen LogP contribution is 2.30. The van der Waals surface area contributed by atoms with Crippen LogP contribution in [0.25, 0.3) is 0 Å². The number of hydrogen-bond donors (Lipinski definition) is 0. The Morgan fingerprint density at radius 2 is 1.65 bits per heavy atom. The molecule has 31 heavy (non-hydrogen) atoms. The molecule has 0 radical (unpaired) electrons. The summed E-state index contributed by atoms with van der Waals surface area (Å²) in [4.78, 5) is 7.78. The van der Waals surface area contributed by atoms with Crippen LogP contribution in [0, 0.1) is 5.92 Å². The van der Waals surface area contributed by atoms with E-state index in [0.29, 0.717) is 12.5 Å². The Bertz CT molecular complexity index is 768. The van der Waals surface area contributed by atoms with Crippen LogP contribution in [0.3, 0.4) is 0 Å². The molecule has 1 atom stereocenters. The molecule has 1 aromatic rings. The number of rotatable bonds is 9. The lowest BCUT2D eigenvalue weighted by Crippen LogP contribution is -2.47. The van der Waals surface area contributed by atoms with E-state index in [1.165, 1.54) is 57.7 Å². The molecule has 2 heterocycles. The van der Waals surface area contributed by atoms with Crippen LogP contribution in [-0.4, -0.2) is 80.8 Å². The number of likely N-dealkylation sites (tertiary alicyclic amines) is 1. The molecule has 6 heteroatoms. The van der Waals surface area contributed by atoms with Gasteiger partial charge in [-0.2, -0.15) is 0 Å². The number of nitrogens with zero attached hydrogens (tertiary/aromatic N) is 3. The summed E-state index contributed by atoms with van der Waals surface area (Å²) in [6.07, 6.45) is 9.79. The summed E-state index contributed by atoms with van der Waals surface area (Å²) in [6.45, 7) is 11.2. The first-order chi connectivity index (χ1) is 15.2. The molecule has 0 saturated carbocycles. The fourth-order valence-corrected chi connectivity index (χ4v) is 4.77. The molecule has 3 aliphatic rings. The van der Waals surface area contributed by atoms with Crippen LogP contribution >= 0.6 is 11.6 Å². The highest BCUT2D eigenvalue weighted by molar-refractivity contribution is 6.31. The molecule has 5 nitrogen and oxygen atoms in total. The number of ether oxygens (including phenoxy) is 2. The van der Waals surface area contributed by atoms with E-state index < -0.39 is 0 Å². The van der Waals surface area contributed by atoms with Crippen LogP contribution in [0.1, 0.15) is 24.8 Å². The molecule has 0 bridgehead atoms. The first kappa shape index (κ1) is 22.7. The first-order valence-electron chi connectivity index (χ1n) is 11.7. The largest absolute Gasteiger partial charge is 0.493 e. The van der Waals surface area contributed by atoms with E-state index in [4.69, 9.17) is 21.1 Å². The molecule has 170 valence electrons. The second kappa shape index (κ2) is 11.4. The molecule has 2 fully saturated rings. The van der Waals surface area contributed by atoms with Crippen LogP contribution in [0.2, 0.25) is 0 Å². The van der Waals surface area contributed by atoms with Gasteiger partial charge in [0, 0.05) is 56.8 Å². The van der Waals surface area contributed by atoms with Gasteiger partial charge in [-0.1, -0.05) is 29.8 Å². The van der Waals surface area contributed by atoms with Gasteiger partial charge in [0.2, 0.25) is 0 Å². The Kier molecular flexibility index (Phi) is 8.31. The standard InChI is InChI=1S/C25H36ClN3O2/c1-30-25-18-22(6-9-24(25)31-20-21-4-7-23(26)8-5-21)19-29-16-14-28(15-17-29)13-12-27-10-2-3-11-27/h4,6-9,18,21H,2-3,5,10-17,19-20H2,1H3. The fraction of sp³-hybridized carbons (Fsp3) is 0.600. The third-order valence-corrected chi connectivity index (χ3v) is 6.91. The van der Waals surface area contributed by atoms with Crippen molar-refractivity contribution in [1.82, 2.24) is 14.7 Å². The minimum atomic E-state index is 0.355. The van der Waals surface area contributed by atoms with Crippen LogP contribution < -0.4 is 9.47 Å². The molecule has 2 aliphatic heterocycles. The van der Waals surface area contributed by atoms with E-state index in [-0.39, 0.29) is 0 Å². The van der Waals surface area contributed by atoms with E-state index in [2.05, 4.69) is 39.0 Å². The lowest BCUT2D eigenvalue weighted by Gasteiger charge is -2.35. The smallest absolute Gasteiger partial charge is 0.161 e. The number of piperazine rings is 1. The van der Waals surface area contributed by atoms with Gasteiger partial charge in [0.05, 0.1) is 13.7 Å². The molecular weight excluding hydrogens is 410 g/mol. The number of benzene rings is 1. The van der Waals surface area contributed by atoms with E-state index >= 15 is 0 Å². The number of halogens is 1. The average Bonchev–Trinajstić information content (AvgIpc) is 3.32. The third kappa shape index (κ3) is 6.72. The third-order valence-electron chi connectivity index (χ3n) is 6.63. The summed E-state index contributed by atoms with van der Waals surface area (Å²) >= 11 is 6.00. The fourth-order valence-electron chi connectivity index (χ4n) is 4.61. The minimum absolute atomic E-state index is 0.355. The van der Waals surface area contributed by atoms with Gasteiger partial charge >= 0.3 is 0 Å². The number of allylic oxidation sites excluding steroid dienone is 3. The van der Waals surface area contributed by atoms with E-state index in [9.17, 15) is 0 Å². The lowest BCUT2D eigenvalue weighted by atomic mass is 10.0. The van der Waals surface area contributed by atoms with Crippen molar-refractivity contribution in [2.75, 3.05) is 66.1 Å². The predicted molar refractivity (Wildman–Crippen MR) is 127 cm³/mol.